The van der Waals surface area contributed by atoms with Crippen molar-refractivity contribution >= 4 is 17.5 Å². The highest BCUT2D eigenvalue weighted by molar-refractivity contribution is 6.30. The first-order valence-electron chi connectivity index (χ1n) is 9.64. The second kappa shape index (κ2) is 6.42. The van der Waals surface area contributed by atoms with E-state index in [-0.39, 0.29) is 5.41 Å². The van der Waals surface area contributed by atoms with E-state index in [4.69, 9.17) is 16.3 Å². The van der Waals surface area contributed by atoms with E-state index in [1.54, 1.807) is 0 Å². The van der Waals surface area contributed by atoms with Gasteiger partial charge >= 0.3 is 0 Å². The van der Waals surface area contributed by atoms with Crippen LogP contribution >= 0.6 is 11.6 Å². The molecule has 3 atom stereocenters. The fourth-order valence-electron chi connectivity index (χ4n) is 5.02. The topological polar surface area (TPSA) is 32.8 Å². The molecule has 26 heavy (non-hydrogen) atoms. The van der Waals surface area contributed by atoms with E-state index in [0.717, 1.165) is 36.7 Å². The van der Waals surface area contributed by atoms with Gasteiger partial charge in [0.2, 0.25) is 5.91 Å². The molecule has 1 aromatic carbocycles. The van der Waals surface area contributed by atoms with Gasteiger partial charge in [-0.05, 0) is 43.9 Å². The van der Waals surface area contributed by atoms with Crippen LogP contribution in [0.15, 0.2) is 12.1 Å². The number of fused-ring (bicyclic) bond motifs is 2. The molecule has 2 aliphatic heterocycles. The van der Waals surface area contributed by atoms with Crippen molar-refractivity contribution in [2.45, 2.75) is 51.1 Å². The first kappa shape index (κ1) is 18.1. The lowest BCUT2D eigenvalue weighted by Crippen LogP contribution is -2.39. The molecule has 4 rings (SSSR count). The number of ether oxygens (including phenoxy) is 1. The van der Waals surface area contributed by atoms with Crippen molar-refractivity contribution in [1.82, 2.24) is 9.80 Å². The van der Waals surface area contributed by atoms with Crippen LogP contribution in [-0.2, 0) is 16.8 Å². The Labute approximate surface area is 161 Å². The summed E-state index contributed by atoms with van der Waals surface area (Å²) in [5.41, 5.74) is 2.42. The number of amides is 1. The third-order valence-electron chi connectivity index (χ3n) is 6.67. The fraction of sp³-hybridized carbons (Fsp3) is 0.667. The fourth-order valence-corrected chi connectivity index (χ4v) is 5.26. The molecule has 1 aliphatic carbocycles. The highest BCUT2D eigenvalue weighted by Crippen LogP contribution is 2.44. The van der Waals surface area contributed by atoms with Gasteiger partial charge in [-0.15, -0.1) is 0 Å². The largest absolute Gasteiger partial charge is 0.492 e. The summed E-state index contributed by atoms with van der Waals surface area (Å²) in [7, 11) is 4.13. The van der Waals surface area contributed by atoms with Crippen molar-refractivity contribution in [1.29, 1.82) is 0 Å². The smallest absolute Gasteiger partial charge is 0.222 e. The molecule has 5 heteroatoms. The van der Waals surface area contributed by atoms with Gasteiger partial charge in [-0.25, -0.2) is 0 Å². The van der Waals surface area contributed by atoms with Crippen molar-refractivity contribution in [3.63, 3.8) is 0 Å². The Morgan fingerprint density at radius 1 is 1.31 bits per heavy atom. The zero-order valence-electron chi connectivity index (χ0n) is 16.2. The molecule has 0 bridgehead atoms. The highest BCUT2D eigenvalue weighted by atomic mass is 35.5. The van der Waals surface area contributed by atoms with Crippen molar-refractivity contribution < 1.29 is 9.53 Å². The molecule has 0 N–H and O–H groups in total. The maximum Gasteiger partial charge on any atom is 0.222 e. The lowest BCUT2D eigenvalue weighted by molar-refractivity contribution is -0.134. The summed E-state index contributed by atoms with van der Waals surface area (Å²) in [6.45, 7) is 6.88. The molecule has 4 nitrogen and oxygen atoms in total. The Bertz CT molecular complexity index is 733. The molecule has 2 fully saturated rings. The van der Waals surface area contributed by atoms with Gasteiger partial charge in [-0.2, -0.15) is 0 Å². The molecule has 1 saturated carbocycles. The van der Waals surface area contributed by atoms with Crippen LogP contribution in [-0.4, -0.2) is 49.0 Å². The van der Waals surface area contributed by atoms with Crippen LogP contribution in [0.5, 0.6) is 5.75 Å². The van der Waals surface area contributed by atoms with E-state index < -0.39 is 0 Å². The molecule has 0 radical (unpaired) electrons. The molecule has 0 spiro atoms. The summed E-state index contributed by atoms with van der Waals surface area (Å²) < 4.78 is 6.05. The third-order valence-corrected chi connectivity index (χ3v) is 6.89. The zero-order chi connectivity index (χ0) is 18.6. The van der Waals surface area contributed by atoms with Gasteiger partial charge in [0.05, 0.1) is 6.61 Å². The summed E-state index contributed by atoms with van der Waals surface area (Å²) in [6, 6.07) is 4.63. The summed E-state index contributed by atoms with van der Waals surface area (Å²) in [6.07, 6.45) is 3.01. The summed E-state index contributed by atoms with van der Waals surface area (Å²) in [4.78, 5) is 16.4. The lowest BCUT2D eigenvalue weighted by Gasteiger charge is -2.31. The number of hydrogen-bond donors (Lipinski definition) is 0. The summed E-state index contributed by atoms with van der Waals surface area (Å²) in [5, 5.41) is 0.790. The Morgan fingerprint density at radius 3 is 2.81 bits per heavy atom. The summed E-state index contributed by atoms with van der Waals surface area (Å²) >= 11 is 6.41. The zero-order valence-corrected chi connectivity index (χ0v) is 17.0. The minimum absolute atomic E-state index is 0.0147. The van der Waals surface area contributed by atoms with E-state index in [0.29, 0.717) is 30.4 Å². The van der Waals surface area contributed by atoms with Crippen LogP contribution in [0.3, 0.4) is 0 Å². The number of likely N-dealkylation sites (tertiary alicyclic amines) is 1. The molecule has 1 saturated heterocycles. The number of carbonyl (C=O) groups is 1. The maximum absolute atomic E-state index is 12.0. The Balaban J connectivity index is 1.50. The average Bonchev–Trinajstić information content (AvgIpc) is 3.09. The number of nitrogens with zero attached hydrogens (tertiary/aromatic N) is 2. The molecular formula is C21H29ClN2O2. The van der Waals surface area contributed by atoms with Gasteiger partial charge in [-0.3, -0.25) is 9.69 Å². The van der Waals surface area contributed by atoms with E-state index in [1.165, 1.54) is 17.5 Å². The molecule has 0 unspecified atom stereocenters. The quantitative estimate of drug-likeness (QED) is 0.806. The first-order valence-corrected chi connectivity index (χ1v) is 10.0. The van der Waals surface area contributed by atoms with E-state index in [2.05, 4.69) is 37.9 Å². The number of hydrogen-bond acceptors (Lipinski definition) is 3. The molecule has 2 heterocycles. The van der Waals surface area contributed by atoms with E-state index in [9.17, 15) is 4.79 Å². The number of halogens is 1. The van der Waals surface area contributed by atoms with Crippen molar-refractivity contribution in [3.05, 3.63) is 28.3 Å². The monoisotopic (exact) mass is 376 g/mol. The Kier molecular flexibility index (Phi) is 4.47. The second-order valence-corrected chi connectivity index (χ2v) is 9.59. The van der Waals surface area contributed by atoms with Crippen molar-refractivity contribution in [3.8, 4) is 5.75 Å². The number of carbonyl (C=O) groups excluding carboxylic acids is 1. The van der Waals surface area contributed by atoms with Crippen LogP contribution < -0.4 is 4.74 Å². The van der Waals surface area contributed by atoms with Gasteiger partial charge in [0.25, 0.3) is 0 Å². The predicted octanol–water partition coefficient (Wildman–Crippen LogP) is 3.70. The standard InChI is InChI=1S/C21H29ClN2O2/c1-21(2)12-26-20-15(5-16(22)9-18(20)21)11-23(3)17-6-13-8-19(25)24(4)10-14(13)7-17/h5,9,13-14,17H,6-8,10-12H2,1-4H3/t13-,14+,17-/m0/s1. The van der Waals surface area contributed by atoms with Crippen molar-refractivity contribution in [2.24, 2.45) is 11.8 Å². The van der Waals surface area contributed by atoms with Crippen LogP contribution in [0, 0.1) is 11.8 Å². The molecule has 3 aliphatic rings. The van der Waals surface area contributed by atoms with E-state index in [1.807, 2.05) is 11.9 Å². The predicted molar refractivity (Wildman–Crippen MR) is 104 cm³/mol. The van der Waals surface area contributed by atoms with Gasteiger partial charge in [-0.1, -0.05) is 25.4 Å². The van der Waals surface area contributed by atoms with Crippen LogP contribution in [0.2, 0.25) is 5.02 Å². The highest BCUT2D eigenvalue weighted by Gasteiger charge is 2.41. The molecule has 1 aromatic rings. The number of benzene rings is 1. The van der Waals surface area contributed by atoms with Gasteiger partial charge in [0.15, 0.2) is 0 Å². The normalized spacial score (nSPS) is 29.7. The van der Waals surface area contributed by atoms with Gasteiger partial charge < -0.3 is 9.64 Å². The van der Waals surface area contributed by atoms with Gasteiger partial charge in [0, 0.05) is 54.2 Å². The summed E-state index contributed by atoms with van der Waals surface area (Å²) in [5.74, 6) is 2.52. The second-order valence-electron chi connectivity index (χ2n) is 9.15. The van der Waals surface area contributed by atoms with Crippen LogP contribution in [0.25, 0.3) is 0 Å². The maximum atomic E-state index is 12.0. The molecule has 142 valence electrons. The molecule has 1 amide bonds. The SMILES string of the molecule is CN1C[C@H]2C[C@@H](N(C)Cc3cc(Cl)cc4c3OCC4(C)C)C[C@H]2CC1=O. The molecular weight excluding hydrogens is 348 g/mol. The van der Waals surface area contributed by atoms with Crippen LogP contribution in [0.4, 0.5) is 0 Å². The minimum atomic E-state index is 0.0147. The number of piperidine rings is 1. The minimum Gasteiger partial charge on any atom is -0.492 e. The lowest BCUT2D eigenvalue weighted by atomic mass is 9.86. The third kappa shape index (κ3) is 3.11. The first-order chi connectivity index (χ1) is 12.2. The van der Waals surface area contributed by atoms with Crippen molar-refractivity contribution in [2.75, 3.05) is 27.2 Å². The Hall–Kier alpha value is -1.26. The average molecular weight is 377 g/mol. The molecule has 0 aromatic heterocycles. The van der Waals surface area contributed by atoms with Gasteiger partial charge in [0.1, 0.15) is 5.75 Å². The Morgan fingerprint density at radius 2 is 2.04 bits per heavy atom. The van der Waals surface area contributed by atoms with Crippen LogP contribution in [0.1, 0.15) is 44.2 Å². The van der Waals surface area contributed by atoms with E-state index >= 15 is 0 Å². The number of rotatable bonds is 3.